The molecule has 0 saturated carbocycles. The Morgan fingerprint density at radius 3 is 2.70 bits per heavy atom. The monoisotopic (exact) mass is 297 g/mol. The molecule has 3 nitrogen and oxygen atoms in total. The summed E-state index contributed by atoms with van der Waals surface area (Å²) in [5.74, 6) is 4.82. The number of carbonyl (C=O) groups excluding carboxylic acids is 1. The Morgan fingerprint density at radius 1 is 1.45 bits per heavy atom. The summed E-state index contributed by atoms with van der Waals surface area (Å²) in [5.41, 5.74) is 0.437. The summed E-state index contributed by atoms with van der Waals surface area (Å²) in [6, 6.07) is 2.79. The van der Waals surface area contributed by atoms with Crippen LogP contribution in [-0.2, 0) is 4.74 Å². The van der Waals surface area contributed by atoms with Crippen molar-refractivity contribution >= 4 is 17.7 Å². The van der Waals surface area contributed by atoms with E-state index in [4.69, 9.17) is 16.3 Å². The van der Waals surface area contributed by atoms with E-state index in [-0.39, 0.29) is 12.1 Å². The third-order valence-electron chi connectivity index (χ3n) is 2.19. The van der Waals surface area contributed by atoms with Gasteiger partial charge in [-0.1, -0.05) is 23.4 Å². The Labute approximate surface area is 123 Å². The van der Waals surface area contributed by atoms with Gasteiger partial charge < -0.3 is 10.1 Å². The lowest BCUT2D eigenvalue weighted by Crippen LogP contribution is -2.32. The van der Waals surface area contributed by atoms with Crippen LogP contribution in [0.15, 0.2) is 12.1 Å². The number of alkyl carbamates (subject to hydrolysis) is 1. The maximum Gasteiger partial charge on any atom is 0.408 e. The molecular weight excluding hydrogens is 281 g/mol. The molecule has 1 aromatic rings. The Morgan fingerprint density at radius 2 is 2.10 bits per heavy atom. The third-order valence-corrected chi connectivity index (χ3v) is 2.60. The molecule has 0 aliphatic rings. The van der Waals surface area contributed by atoms with Crippen molar-refractivity contribution in [1.82, 2.24) is 5.32 Å². The first-order valence-electron chi connectivity index (χ1n) is 6.10. The standard InChI is InChI=1S/C15H17ClFNO2/c1-10-8-11(13(17)9-12(10)16)6-5-7-18-14(19)20-15(2,3)4/h8-9H,7H2,1-4H3,(H,18,19). The maximum atomic E-state index is 13.5. The fourth-order valence-corrected chi connectivity index (χ4v) is 1.47. The predicted molar refractivity (Wildman–Crippen MR) is 77.3 cm³/mol. The van der Waals surface area contributed by atoms with E-state index in [2.05, 4.69) is 17.2 Å². The van der Waals surface area contributed by atoms with Crippen LogP contribution in [0, 0.1) is 24.6 Å². The second-order valence-electron chi connectivity index (χ2n) is 5.24. The highest BCUT2D eigenvalue weighted by Gasteiger charge is 2.15. The zero-order chi connectivity index (χ0) is 15.3. The molecule has 0 aliphatic carbocycles. The van der Waals surface area contributed by atoms with Gasteiger partial charge in [0, 0.05) is 5.02 Å². The van der Waals surface area contributed by atoms with Crippen LogP contribution in [0.4, 0.5) is 9.18 Å². The van der Waals surface area contributed by atoms with Gasteiger partial charge in [0.15, 0.2) is 0 Å². The van der Waals surface area contributed by atoms with Crippen molar-refractivity contribution in [3.05, 3.63) is 34.1 Å². The molecule has 0 heterocycles. The zero-order valence-corrected chi connectivity index (χ0v) is 12.7. The maximum absolute atomic E-state index is 13.5. The highest BCUT2D eigenvalue weighted by atomic mass is 35.5. The summed E-state index contributed by atoms with van der Waals surface area (Å²) in [5, 5.41) is 2.83. The van der Waals surface area contributed by atoms with Crippen molar-refractivity contribution in [3.8, 4) is 11.8 Å². The number of carbonyl (C=O) groups is 1. The van der Waals surface area contributed by atoms with Gasteiger partial charge in [-0.3, -0.25) is 0 Å². The molecule has 0 fully saturated rings. The molecule has 0 aliphatic heterocycles. The largest absolute Gasteiger partial charge is 0.444 e. The van der Waals surface area contributed by atoms with E-state index in [1.54, 1.807) is 33.8 Å². The summed E-state index contributed by atoms with van der Waals surface area (Å²) in [4.78, 5) is 11.3. The Bertz CT molecular complexity index is 568. The topological polar surface area (TPSA) is 38.3 Å². The van der Waals surface area contributed by atoms with Gasteiger partial charge in [-0.2, -0.15) is 0 Å². The van der Waals surface area contributed by atoms with Crippen molar-refractivity contribution in [2.75, 3.05) is 6.54 Å². The molecule has 0 spiro atoms. The number of amides is 1. The summed E-state index contributed by atoms with van der Waals surface area (Å²) < 4.78 is 18.6. The number of hydrogen-bond donors (Lipinski definition) is 1. The first kappa shape index (κ1) is 16.3. The lowest BCUT2D eigenvalue weighted by atomic mass is 10.1. The zero-order valence-electron chi connectivity index (χ0n) is 11.9. The first-order chi connectivity index (χ1) is 9.19. The van der Waals surface area contributed by atoms with E-state index in [0.29, 0.717) is 5.02 Å². The van der Waals surface area contributed by atoms with E-state index in [1.807, 2.05) is 0 Å². The molecule has 0 radical (unpaired) electrons. The number of aryl methyl sites for hydroxylation is 1. The van der Waals surface area contributed by atoms with Crippen molar-refractivity contribution in [1.29, 1.82) is 0 Å². The second-order valence-corrected chi connectivity index (χ2v) is 5.65. The molecule has 1 amide bonds. The number of halogens is 2. The fraction of sp³-hybridized carbons (Fsp3) is 0.400. The minimum atomic E-state index is -0.559. The summed E-state index contributed by atoms with van der Waals surface area (Å²) in [6.45, 7) is 7.15. The summed E-state index contributed by atoms with van der Waals surface area (Å²) in [7, 11) is 0. The molecule has 1 N–H and O–H groups in total. The van der Waals surface area contributed by atoms with Gasteiger partial charge in [0.05, 0.1) is 12.1 Å². The van der Waals surface area contributed by atoms with Gasteiger partial charge in [0.1, 0.15) is 11.4 Å². The van der Waals surface area contributed by atoms with Crippen LogP contribution < -0.4 is 5.32 Å². The van der Waals surface area contributed by atoms with Gasteiger partial charge in [0.25, 0.3) is 0 Å². The van der Waals surface area contributed by atoms with E-state index in [1.165, 1.54) is 6.07 Å². The van der Waals surface area contributed by atoms with Gasteiger partial charge >= 0.3 is 6.09 Å². The molecule has 0 aromatic heterocycles. The molecule has 1 aromatic carbocycles. The molecule has 0 atom stereocenters. The first-order valence-corrected chi connectivity index (χ1v) is 6.48. The number of benzene rings is 1. The summed E-state index contributed by atoms with van der Waals surface area (Å²) in [6.07, 6.45) is -0.556. The van der Waals surface area contributed by atoms with Crippen molar-refractivity contribution in [2.45, 2.75) is 33.3 Å². The average molecular weight is 298 g/mol. The van der Waals surface area contributed by atoms with Crippen LogP contribution in [0.2, 0.25) is 5.02 Å². The highest BCUT2D eigenvalue weighted by molar-refractivity contribution is 6.31. The smallest absolute Gasteiger partial charge is 0.408 e. The molecule has 1 rings (SSSR count). The molecule has 0 saturated heterocycles. The molecule has 0 bridgehead atoms. The van der Waals surface area contributed by atoms with E-state index in [0.717, 1.165) is 5.56 Å². The van der Waals surface area contributed by atoms with E-state index < -0.39 is 17.5 Å². The summed E-state index contributed by atoms with van der Waals surface area (Å²) >= 11 is 5.79. The van der Waals surface area contributed by atoms with Crippen LogP contribution in [0.1, 0.15) is 31.9 Å². The van der Waals surface area contributed by atoms with Crippen molar-refractivity contribution in [2.24, 2.45) is 0 Å². The normalized spacial score (nSPS) is 10.5. The lowest BCUT2D eigenvalue weighted by Gasteiger charge is -2.19. The SMILES string of the molecule is Cc1cc(C#CCNC(=O)OC(C)(C)C)c(F)cc1Cl. The molecule has 5 heteroatoms. The Balaban J connectivity index is 2.60. The van der Waals surface area contributed by atoms with Gasteiger partial charge in [-0.15, -0.1) is 0 Å². The minimum Gasteiger partial charge on any atom is -0.444 e. The minimum absolute atomic E-state index is 0.0794. The van der Waals surface area contributed by atoms with Gasteiger partial charge in [-0.25, -0.2) is 9.18 Å². The molecule has 0 unspecified atom stereocenters. The van der Waals surface area contributed by atoms with Crippen molar-refractivity contribution < 1.29 is 13.9 Å². The van der Waals surface area contributed by atoms with Crippen LogP contribution >= 0.6 is 11.6 Å². The quantitative estimate of drug-likeness (QED) is 0.803. The van der Waals surface area contributed by atoms with Crippen LogP contribution in [0.25, 0.3) is 0 Å². The number of ether oxygens (including phenoxy) is 1. The van der Waals surface area contributed by atoms with Crippen LogP contribution in [0.3, 0.4) is 0 Å². The lowest BCUT2D eigenvalue weighted by molar-refractivity contribution is 0.0535. The average Bonchev–Trinajstić information content (AvgIpc) is 2.28. The second kappa shape index (κ2) is 6.62. The third kappa shape index (κ3) is 5.50. The molecular formula is C15H17ClFNO2. The number of rotatable bonds is 1. The van der Waals surface area contributed by atoms with E-state index in [9.17, 15) is 9.18 Å². The Kier molecular flexibility index (Phi) is 5.41. The van der Waals surface area contributed by atoms with Gasteiger partial charge in [-0.05, 0) is 45.4 Å². The predicted octanol–water partition coefficient (Wildman–Crippen LogP) is 3.66. The number of hydrogen-bond acceptors (Lipinski definition) is 2. The van der Waals surface area contributed by atoms with Gasteiger partial charge in [0.2, 0.25) is 0 Å². The van der Waals surface area contributed by atoms with Crippen molar-refractivity contribution in [3.63, 3.8) is 0 Å². The fourth-order valence-electron chi connectivity index (χ4n) is 1.32. The van der Waals surface area contributed by atoms with Crippen LogP contribution in [-0.4, -0.2) is 18.2 Å². The number of nitrogens with one attached hydrogen (secondary N) is 1. The highest BCUT2D eigenvalue weighted by Crippen LogP contribution is 2.19. The molecule has 108 valence electrons. The Hall–Kier alpha value is -1.73. The van der Waals surface area contributed by atoms with E-state index >= 15 is 0 Å². The molecule has 20 heavy (non-hydrogen) atoms. The van der Waals surface area contributed by atoms with Crippen LogP contribution in [0.5, 0.6) is 0 Å².